The van der Waals surface area contributed by atoms with Crippen molar-refractivity contribution in [3.63, 3.8) is 0 Å². The van der Waals surface area contributed by atoms with E-state index in [1.54, 1.807) is 0 Å². The molecule has 0 aliphatic carbocycles. The fourth-order valence-corrected chi connectivity index (χ4v) is 0.547. The molecule has 0 aromatic rings. The number of hydrogen-bond acceptors (Lipinski definition) is 3. The van der Waals surface area contributed by atoms with Crippen molar-refractivity contribution in [2.45, 2.75) is 6.42 Å². The van der Waals surface area contributed by atoms with Crippen molar-refractivity contribution in [1.82, 2.24) is 0 Å². The molecule has 0 spiro atoms. The fraction of sp³-hybridized carbons (Fsp3) is 0.333. The number of rotatable bonds is 3. The van der Waals surface area contributed by atoms with Crippen LogP contribution in [0.1, 0.15) is 6.42 Å². The van der Waals surface area contributed by atoms with Crippen molar-refractivity contribution in [2.24, 2.45) is 0 Å². The normalized spacial score (nSPS) is 8.77. The van der Waals surface area contributed by atoms with Crippen molar-refractivity contribution in [1.29, 1.82) is 0 Å². The molecule has 2 N–H and O–H groups in total. The minimum atomic E-state index is -3.74. The van der Waals surface area contributed by atoms with Gasteiger partial charge in [-0.05, 0) is 0 Å². The van der Waals surface area contributed by atoms with Gasteiger partial charge in [0.2, 0.25) is 0 Å². The van der Waals surface area contributed by atoms with Crippen LogP contribution in [0.2, 0.25) is 0 Å². The molecule has 0 aromatic heterocycles. The number of carboxylic acids is 1. The van der Waals surface area contributed by atoms with E-state index in [0.29, 0.717) is 0 Å². The maximum Gasteiger partial charge on any atom is 1.00 e. The van der Waals surface area contributed by atoms with Crippen LogP contribution in [-0.4, -0.2) is 29.8 Å². The van der Waals surface area contributed by atoms with Crippen LogP contribution < -0.4 is 18.9 Å². The number of hydrogen-bond donors (Lipinski definition) is 2. The average Bonchev–Trinajstić information content (AvgIpc) is 1.86. The Kier molecular flexibility index (Phi) is 13.9. The van der Waals surface area contributed by atoms with Crippen LogP contribution in [0.4, 0.5) is 0 Å². The summed E-state index contributed by atoms with van der Waals surface area (Å²) in [6.45, 7) is 6.19. The Morgan fingerprint density at radius 1 is 1.54 bits per heavy atom. The van der Waals surface area contributed by atoms with E-state index in [-0.39, 0.29) is 31.0 Å². The number of carboxylic acid groups (broad SMARTS) is 1. The second-order valence-electron chi connectivity index (χ2n) is 1.68. The summed E-state index contributed by atoms with van der Waals surface area (Å²) in [5.41, 5.74) is 0. The molecule has 0 saturated heterocycles. The zero-order valence-electron chi connectivity index (χ0n) is 7.43. The van der Waals surface area contributed by atoms with Gasteiger partial charge in [-0.25, -0.2) is 4.79 Å². The first kappa shape index (κ1) is 18.5. The van der Waals surface area contributed by atoms with Crippen LogP contribution in [0.5, 0.6) is 0 Å². The van der Waals surface area contributed by atoms with E-state index < -0.39 is 16.1 Å². The molecule has 0 amide bonds. The van der Waals surface area contributed by atoms with E-state index in [1.807, 2.05) is 0 Å². The SMILES string of the molecule is C=CC(=O)O.[CH2-]CCS(=O)(=O)O.[Li+]. The maximum atomic E-state index is 9.75. The Morgan fingerprint density at radius 3 is 1.85 bits per heavy atom. The zero-order chi connectivity index (χ0) is 10.2. The minimum Gasteiger partial charge on any atom is -0.478 e. The summed E-state index contributed by atoms with van der Waals surface area (Å²) in [6, 6.07) is 0. The van der Waals surface area contributed by atoms with Gasteiger partial charge in [-0.2, -0.15) is 14.8 Å². The third-order valence-corrected chi connectivity index (χ3v) is 1.38. The predicted octanol–water partition coefficient (Wildman–Crippen LogP) is -2.64. The summed E-state index contributed by atoms with van der Waals surface area (Å²) in [5, 5.41) is 7.60. The van der Waals surface area contributed by atoms with Crippen LogP contribution in [-0.2, 0) is 14.9 Å². The second kappa shape index (κ2) is 9.80. The topological polar surface area (TPSA) is 91.7 Å². The van der Waals surface area contributed by atoms with Gasteiger partial charge in [0.25, 0.3) is 10.1 Å². The average molecular weight is 202 g/mol. The maximum absolute atomic E-state index is 9.75. The molecule has 0 aliphatic heterocycles. The van der Waals surface area contributed by atoms with E-state index in [0.717, 1.165) is 6.08 Å². The quantitative estimate of drug-likeness (QED) is 0.226. The fourth-order valence-electron chi connectivity index (χ4n) is 0.182. The van der Waals surface area contributed by atoms with Crippen molar-refractivity contribution >= 4 is 16.1 Å². The molecule has 72 valence electrons. The van der Waals surface area contributed by atoms with Crippen molar-refractivity contribution in [3.05, 3.63) is 19.6 Å². The van der Waals surface area contributed by atoms with Gasteiger partial charge < -0.3 is 12.0 Å². The first-order chi connectivity index (χ1) is 5.33. The Morgan fingerprint density at radius 2 is 1.85 bits per heavy atom. The monoisotopic (exact) mass is 202 g/mol. The first-order valence-corrected chi connectivity index (χ1v) is 4.54. The molecule has 0 atom stereocenters. The predicted molar refractivity (Wildman–Crippen MR) is 44.2 cm³/mol. The third kappa shape index (κ3) is 33.8. The van der Waals surface area contributed by atoms with Gasteiger partial charge >= 0.3 is 24.8 Å². The molecule has 5 nitrogen and oxygen atoms in total. The van der Waals surface area contributed by atoms with E-state index in [9.17, 15) is 13.2 Å². The van der Waals surface area contributed by atoms with E-state index in [4.69, 9.17) is 9.66 Å². The first-order valence-electron chi connectivity index (χ1n) is 2.93. The Bertz CT molecular complexity index is 233. The number of aliphatic carboxylic acids is 1. The van der Waals surface area contributed by atoms with Gasteiger partial charge in [-0.3, -0.25) is 4.55 Å². The molecule has 0 bridgehead atoms. The Hall–Kier alpha value is -0.283. The van der Waals surface area contributed by atoms with Gasteiger partial charge in [0.05, 0.1) is 0 Å². The summed E-state index contributed by atoms with van der Waals surface area (Å²) in [7, 11) is -3.74. The van der Waals surface area contributed by atoms with Crippen LogP contribution in [0.15, 0.2) is 12.7 Å². The third-order valence-electron chi connectivity index (χ3n) is 0.577. The van der Waals surface area contributed by atoms with E-state index in [2.05, 4.69) is 13.5 Å². The Balaban J connectivity index is -0.000000150. The Labute approximate surface area is 89.8 Å². The van der Waals surface area contributed by atoms with E-state index in [1.165, 1.54) is 0 Å². The molecule has 0 heterocycles. The smallest absolute Gasteiger partial charge is 0.478 e. The number of carbonyl (C=O) groups is 1. The molecule has 0 radical (unpaired) electrons. The molecule has 0 unspecified atom stereocenters. The largest absolute Gasteiger partial charge is 1.00 e. The van der Waals surface area contributed by atoms with Crippen molar-refractivity contribution in [3.8, 4) is 0 Å². The molecule has 0 aromatic carbocycles. The van der Waals surface area contributed by atoms with Crippen LogP contribution in [0.3, 0.4) is 0 Å². The second-order valence-corrected chi connectivity index (χ2v) is 3.25. The van der Waals surface area contributed by atoms with Crippen molar-refractivity contribution in [2.75, 3.05) is 5.75 Å². The van der Waals surface area contributed by atoms with Gasteiger partial charge in [0.1, 0.15) is 0 Å². The zero-order valence-corrected chi connectivity index (χ0v) is 8.25. The molecule has 7 heteroatoms. The summed E-state index contributed by atoms with van der Waals surface area (Å²) >= 11 is 0. The summed E-state index contributed by atoms with van der Waals surface area (Å²) < 4.78 is 27.4. The standard InChI is InChI=1S/C3H7O3S.C3H4O2.Li/c1-2-3-7(4,5)6;1-2-3(4)5;/h1-3H2,(H,4,5,6);2H,1H2,(H,4,5);/q-1;;+1. The minimum absolute atomic E-state index is 0. The summed E-state index contributed by atoms with van der Waals surface area (Å²) in [6.07, 6.45) is 1.05. The molecule has 0 rings (SSSR count). The summed E-state index contributed by atoms with van der Waals surface area (Å²) in [5.74, 6) is -1.22. The molecule has 0 fully saturated rings. The molecule has 0 saturated carbocycles. The van der Waals surface area contributed by atoms with Gasteiger partial charge in [0.15, 0.2) is 0 Å². The van der Waals surface area contributed by atoms with Crippen LogP contribution in [0, 0.1) is 6.92 Å². The van der Waals surface area contributed by atoms with Gasteiger partial charge in [-0.15, -0.1) is 0 Å². The van der Waals surface area contributed by atoms with Crippen LogP contribution >= 0.6 is 0 Å². The van der Waals surface area contributed by atoms with E-state index >= 15 is 0 Å². The van der Waals surface area contributed by atoms with Crippen molar-refractivity contribution < 1.29 is 41.7 Å². The molecule has 13 heavy (non-hydrogen) atoms. The summed E-state index contributed by atoms with van der Waals surface area (Å²) in [4.78, 5) is 9.25. The molecular weight excluding hydrogens is 191 g/mol. The molecule has 0 aliphatic rings. The van der Waals surface area contributed by atoms with Gasteiger partial charge in [-0.1, -0.05) is 6.58 Å². The van der Waals surface area contributed by atoms with Gasteiger partial charge in [0, 0.05) is 11.8 Å². The molecular formula is C6H11LiO5S. The van der Waals surface area contributed by atoms with Crippen LogP contribution in [0.25, 0.3) is 0 Å².